The molecule has 6 heteroatoms. The molecule has 1 aromatic rings. The Morgan fingerprint density at radius 1 is 1.27 bits per heavy atom. The Balaban J connectivity index is 1.79. The molecule has 1 amide bonds. The molecule has 1 aliphatic rings. The van der Waals surface area contributed by atoms with Gasteiger partial charge in [0.25, 0.3) is 5.91 Å². The molecule has 1 fully saturated rings. The van der Waals surface area contributed by atoms with Crippen LogP contribution in [0.15, 0.2) is 24.3 Å². The summed E-state index contributed by atoms with van der Waals surface area (Å²) in [7, 11) is 0. The Hall–Kier alpha value is -1.14. The molecular weight excluding hydrogens is 304 g/mol. The highest BCUT2D eigenvalue weighted by Gasteiger charge is 2.23. The van der Waals surface area contributed by atoms with Crippen molar-refractivity contribution in [2.45, 2.75) is 13.0 Å². The van der Waals surface area contributed by atoms with E-state index in [0.717, 1.165) is 13.1 Å². The van der Waals surface area contributed by atoms with Crippen molar-refractivity contribution in [3.8, 4) is 0 Å². The highest BCUT2D eigenvalue weighted by molar-refractivity contribution is 6.30. The van der Waals surface area contributed by atoms with Gasteiger partial charge in [0.05, 0.1) is 12.7 Å². The van der Waals surface area contributed by atoms with Crippen molar-refractivity contribution in [2.75, 3.05) is 45.9 Å². The maximum Gasteiger partial charge on any atom is 0.253 e. The van der Waals surface area contributed by atoms with Gasteiger partial charge in [-0.1, -0.05) is 11.6 Å². The molecule has 22 heavy (non-hydrogen) atoms. The van der Waals surface area contributed by atoms with Gasteiger partial charge in [-0.25, -0.2) is 0 Å². The number of carbonyl (C=O) groups is 1. The molecule has 0 bridgehead atoms. The van der Waals surface area contributed by atoms with Gasteiger partial charge in [0.2, 0.25) is 0 Å². The first-order valence-electron chi connectivity index (χ1n) is 7.63. The molecule has 0 radical (unpaired) electrons. The average Bonchev–Trinajstić information content (AvgIpc) is 2.54. The zero-order chi connectivity index (χ0) is 15.9. The summed E-state index contributed by atoms with van der Waals surface area (Å²) in [5.74, 6) is 0.0335. The van der Waals surface area contributed by atoms with Gasteiger partial charge in [0.15, 0.2) is 0 Å². The molecule has 0 saturated carbocycles. The minimum Gasteiger partial charge on any atom is -0.389 e. The molecule has 0 spiro atoms. The van der Waals surface area contributed by atoms with Crippen molar-refractivity contribution < 1.29 is 14.6 Å². The van der Waals surface area contributed by atoms with Gasteiger partial charge >= 0.3 is 0 Å². The molecule has 1 unspecified atom stereocenters. The number of hydrogen-bond donors (Lipinski definition) is 1. The Labute approximate surface area is 136 Å². The van der Waals surface area contributed by atoms with E-state index in [2.05, 4.69) is 4.90 Å². The van der Waals surface area contributed by atoms with Crippen LogP contribution in [0.3, 0.4) is 0 Å². The second-order valence-corrected chi connectivity index (χ2v) is 5.85. The summed E-state index contributed by atoms with van der Waals surface area (Å²) in [6.07, 6.45) is -0.474. The summed E-state index contributed by atoms with van der Waals surface area (Å²) >= 11 is 5.84. The molecule has 1 heterocycles. The number of carbonyl (C=O) groups excluding carboxylic acids is 1. The van der Waals surface area contributed by atoms with E-state index in [-0.39, 0.29) is 5.91 Å². The minimum absolute atomic E-state index is 0.0335. The van der Waals surface area contributed by atoms with E-state index in [1.54, 1.807) is 24.3 Å². The lowest BCUT2D eigenvalue weighted by Crippen LogP contribution is -2.50. The lowest BCUT2D eigenvalue weighted by atomic mass is 10.2. The maximum atomic E-state index is 12.4. The summed E-state index contributed by atoms with van der Waals surface area (Å²) in [6, 6.07) is 6.97. The molecule has 0 aromatic heterocycles. The Kier molecular flexibility index (Phi) is 6.64. The van der Waals surface area contributed by atoms with Crippen molar-refractivity contribution in [1.29, 1.82) is 0 Å². The van der Waals surface area contributed by atoms with E-state index in [0.29, 0.717) is 43.4 Å². The number of nitrogens with zero attached hydrogens (tertiary/aromatic N) is 2. The number of aliphatic hydroxyl groups is 1. The zero-order valence-corrected chi connectivity index (χ0v) is 13.6. The Bertz CT molecular complexity index is 473. The molecule has 2 rings (SSSR count). The molecular formula is C16H23ClN2O3. The zero-order valence-electron chi connectivity index (χ0n) is 12.9. The Morgan fingerprint density at radius 2 is 1.91 bits per heavy atom. The predicted octanol–water partition coefficient (Wildman–Crippen LogP) is 1.50. The number of amides is 1. The fourth-order valence-electron chi connectivity index (χ4n) is 2.51. The van der Waals surface area contributed by atoms with Gasteiger partial charge in [-0.2, -0.15) is 0 Å². The number of aliphatic hydroxyl groups excluding tert-OH is 1. The van der Waals surface area contributed by atoms with E-state index < -0.39 is 6.10 Å². The molecule has 1 atom stereocenters. The molecule has 1 saturated heterocycles. The van der Waals surface area contributed by atoms with Gasteiger partial charge < -0.3 is 14.7 Å². The highest BCUT2D eigenvalue weighted by Crippen LogP contribution is 2.13. The maximum absolute atomic E-state index is 12.4. The van der Waals surface area contributed by atoms with Crippen LogP contribution in [0, 0.1) is 0 Å². The van der Waals surface area contributed by atoms with Crippen molar-refractivity contribution in [1.82, 2.24) is 9.80 Å². The van der Waals surface area contributed by atoms with Gasteiger partial charge in [-0.3, -0.25) is 9.69 Å². The number of halogens is 1. The van der Waals surface area contributed by atoms with Crippen LogP contribution in [0.2, 0.25) is 5.02 Å². The third-order valence-electron chi connectivity index (χ3n) is 3.73. The number of benzene rings is 1. The van der Waals surface area contributed by atoms with E-state index >= 15 is 0 Å². The summed E-state index contributed by atoms with van der Waals surface area (Å²) < 4.78 is 5.21. The second-order valence-electron chi connectivity index (χ2n) is 5.41. The summed E-state index contributed by atoms with van der Waals surface area (Å²) in [5, 5.41) is 10.5. The number of rotatable bonds is 6. The number of hydrogen-bond acceptors (Lipinski definition) is 4. The molecule has 1 aromatic carbocycles. The van der Waals surface area contributed by atoms with Crippen LogP contribution in [-0.4, -0.2) is 72.9 Å². The van der Waals surface area contributed by atoms with Gasteiger partial charge in [-0.15, -0.1) is 0 Å². The smallest absolute Gasteiger partial charge is 0.253 e. The van der Waals surface area contributed by atoms with E-state index in [4.69, 9.17) is 16.3 Å². The molecule has 0 aliphatic carbocycles. The van der Waals surface area contributed by atoms with Gasteiger partial charge in [0.1, 0.15) is 0 Å². The lowest BCUT2D eigenvalue weighted by molar-refractivity contribution is 0.0111. The minimum atomic E-state index is -0.474. The van der Waals surface area contributed by atoms with Crippen LogP contribution in [0.5, 0.6) is 0 Å². The normalized spacial score (nSPS) is 17.5. The largest absolute Gasteiger partial charge is 0.389 e. The third kappa shape index (κ3) is 4.95. The van der Waals surface area contributed by atoms with Crippen molar-refractivity contribution in [3.05, 3.63) is 34.9 Å². The molecule has 122 valence electrons. The topological polar surface area (TPSA) is 53.0 Å². The van der Waals surface area contributed by atoms with Crippen LogP contribution >= 0.6 is 11.6 Å². The van der Waals surface area contributed by atoms with Crippen LogP contribution in [-0.2, 0) is 4.74 Å². The lowest BCUT2D eigenvalue weighted by Gasteiger charge is -2.35. The van der Waals surface area contributed by atoms with Crippen LogP contribution in [0.4, 0.5) is 0 Å². The number of piperazine rings is 1. The molecule has 5 nitrogen and oxygen atoms in total. The van der Waals surface area contributed by atoms with E-state index in [1.165, 1.54) is 0 Å². The SMILES string of the molecule is CCOCC(O)CN1CCN(C(=O)c2ccc(Cl)cc2)CC1. The molecule has 1 aliphatic heterocycles. The first kappa shape index (κ1) is 17.2. The van der Waals surface area contributed by atoms with E-state index in [9.17, 15) is 9.90 Å². The van der Waals surface area contributed by atoms with Crippen LogP contribution < -0.4 is 0 Å². The summed E-state index contributed by atoms with van der Waals surface area (Å²) in [6.45, 7) is 6.34. The first-order valence-corrected chi connectivity index (χ1v) is 8.01. The monoisotopic (exact) mass is 326 g/mol. The third-order valence-corrected chi connectivity index (χ3v) is 3.99. The summed E-state index contributed by atoms with van der Waals surface area (Å²) in [4.78, 5) is 16.4. The van der Waals surface area contributed by atoms with Crippen molar-refractivity contribution >= 4 is 17.5 Å². The quantitative estimate of drug-likeness (QED) is 0.860. The second kappa shape index (κ2) is 8.48. The Morgan fingerprint density at radius 3 is 2.50 bits per heavy atom. The van der Waals surface area contributed by atoms with Crippen LogP contribution in [0.1, 0.15) is 17.3 Å². The number of ether oxygens (including phenoxy) is 1. The van der Waals surface area contributed by atoms with Crippen molar-refractivity contribution in [2.24, 2.45) is 0 Å². The van der Waals surface area contributed by atoms with Gasteiger partial charge in [0, 0.05) is 49.9 Å². The standard InChI is InChI=1S/C16H23ClN2O3/c1-2-22-12-15(20)11-18-7-9-19(10-8-18)16(21)13-3-5-14(17)6-4-13/h3-6,15,20H,2,7-12H2,1H3. The summed E-state index contributed by atoms with van der Waals surface area (Å²) in [5.41, 5.74) is 0.661. The first-order chi connectivity index (χ1) is 10.6. The average molecular weight is 327 g/mol. The fourth-order valence-corrected chi connectivity index (χ4v) is 2.64. The van der Waals surface area contributed by atoms with Crippen molar-refractivity contribution in [3.63, 3.8) is 0 Å². The highest BCUT2D eigenvalue weighted by atomic mass is 35.5. The van der Waals surface area contributed by atoms with Gasteiger partial charge in [-0.05, 0) is 31.2 Å². The predicted molar refractivity (Wildman–Crippen MR) is 86.3 cm³/mol. The molecule has 1 N–H and O–H groups in total. The van der Waals surface area contributed by atoms with Crippen LogP contribution in [0.25, 0.3) is 0 Å². The fraction of sp³-hybridized carbons (Fsp3) is 0.562. The van der Waals surface area contributed by atoms with E-state index in [1.807, 2.05) is 11.8 Å². The number of β-amino-alcohol motifs (C(OH)–C–C–N with tert-alkyl or cyclic N) is 1.